The highest BCUT2D eigenvalue weighted by atomic mass is 32.2. The van der Waals surface area contributed by atoms with Gasteiger partial charge in [-0.2, -0.15) is 4.31 Å². The highest BCUT2D eigenvalue weighted by Crippen LogP contribution is 2.38. The fraction of sp³-hybridized carbons (Fsp3) is 0.538. The van der Waals surface area contributed by atoms with Crippen LogP contribution < -0.4 is 5.32 Å². The van der Waals surface area contributed by atoms with E-state index in [9.17, 15) is 18.0 Å². The Kier molecular flexibility index (Phi) is 7.96. The summed E-state index contributed by atoms with van der Waals surface area (Å²) in [5.74, 6) is -0.349. The SMILES string of the molecule is CCN1CCc2c(sc(NC(=O)c3ccc(S(=O)(=O)N4CCOCC4)cc3)c2C(=O)N2CCCCC2)C1. The highest BCUT2D eigenvalue weighted by Gasteiger charge is 2.32. The number of piperidine rings is 1. The van der Waals surface area contributed by atoms with Crippen molar-refractivity contribution in [2.24, 2.45) is 0 Å². The number of thiophene rings is 1. The topological polar surface area (TPSA) is 99.3 Å². The first kappa shape index (κ1) is 26.3. The van der Waals surface area contributed by atoms with E-state index in [-0.39, 0.29) is 16.7 Å². The number of carbonyl (C=O) groups excluding carboxylic acids is 2. The maximum atomic E-state index is 13.6. The van der Waals surface area contributed by atoms with Gasteiger partial charge in [0.05, 0.1) is 23.7 Å². The first-order valence-electron chi connectivity index (χ1n) is 13.0. The molecule has 0 saturated carbocycles. The van der Waals surface area contributed by atoms with Gasteiger partial charge in [-0.05, 0) is 62.1 Å². The van der Waals surface area contributed by atoms with Gasteiger partial charge in [-0.25, -0.2) is 8.42 Å². The molecule has 9 nitrogen and oxygen atoms in total. The van der Waals surface area contributed by atoms with E-state index in [0.717, 1.165) is 68.8 Å². The van der Waals surface area contributed by atoms with E-state index in [1.807, 2.05) is 4.90 Å². The van der Waals surface area contributed by atoms with E-state index in [1.165, 1.54) is 39.9 Å². The normalized spacial score (nSPS) is 19.4. The summed E-state index contributed by atoms with van der Waals surface area (Å²) in [4.78, 5) is 32.4. The molecule has 2 saturated heterocycles. The Labute approximate surface area is 222 Å². The van der Waals surface area contributed by atoms with Crippen LogP contribution >= 0.6 is 11.3 Å². The molecule has 1 aromatic carbocycles. The molecule has 0 atom stereocenters. The predicted octanol–water partition coefficient (Wildman–Crippen LogP) is 3.03. The quantitative estimate of drug-likeness (QED) is 0.598. The lowest BCUT2D eigenvalue weighted by Crippen LogP contribution is -2.40. The van der Waals surface area contributed by atoms with Gasteiger partial charge in [0.2, 0.25) is 10.0 Å². The fourth-order valence-electron chi connectivity index (χ4n) is 5.19. The van der Waals surface area contributed by atoms with Crippen molar-refractivity contribution in [3.05, 3.63) is 45.8 Å². The number of likely N-dealkylation sites (tertiary alicyclic amines) is 1. The van der Waals surface area contributed by atoms with Gasteiger partial charge in [0.1, 0.15) is 5.00 Å². The Morgan fingerprint density at radius 2 is 1.70 bits per heavy atom. The van der Waals surface area contributed by atoms with E-state index in [0.29, 0.717) is 42.4 Å². The summed E-state index contributed by atoms with van der Waals surface area (Å²) in [5.41, 5.74) is 2.05. The number of hydrogen-bond donors (Lipinski definition) is 1. The smallest absolute Gasteiger partial charge is 0.257 e. The third-order valence-corrected chi connectivity index (χ3v) is 10.4. The number of nitrogens with one attached hydrogen (secondary N) is 1. The Morgan fingerprint density at radius 1 is 1.00 bits per heavy atom. The first-order valence-corrected chi connectivity index (χ1v) is 15.3. The minimum Gasteiger partial charge on any atom is -0.379 e. The molecule has 0 aliphatic carbocycles. The number of amides is 2. The molecule has 11 heteroatoms. The second-order valence-corrected chi connectivity index (χ2v) is 12.7. The van der Waals surface area contributed by atoms with Crippen molar-refractivity contribution < 1.29 is 22.7 Å². The second kappa shape index (κ2) is 11.2. The molecule has 2 aromatic rings. The number of hydrogen-bond acceptors (Lipinski definition) is 7. The molecule has 200 valence electrons. The van der Waals surface area contributed by atoms with Crippen LogP contribution in [0.2, 0.25) is 0 Å². The number of morpholine rings is 1. The van der Waals surface area contributed by atoms with Crippen LogP contribution in [0.3, 0.4) is 0 Å². The average molecular weight is 547 g/mol. The average Bonchev–Trinajstić information content (AvgIpc) is 3.30. The summed E-state index contributed by atoms with van der Waals surface area (Å²) in [5, 5.41) is 3.59. The van der Waals surface area contributed by atoms with Gasteiger partial charge in [-0.3, -0.25) is 14.5 Å². The zero-order valence-electron chi connectivity index (χ0n) is 21.2. The molecule has 4 heterocycles. The standard InChI is InChI=1S/C26H34N4O5S2/c1-2-28-13-10-21-22(18-28)36-25(23(21)26(32)29-11-4-3-5-12-29)27-24(31)19-6-8-20(9-7-19)37(33,34)30-14-16-35-17-15-30/h6-9H,2-5,10-18H2,1H3,(H,27,31). The number of rotatable bonds is 6. The van der Waals surface area contributed by atoms with Crippen molar-refractivity contribution in [1.29, 1.82) is 0 Å². The van der Waals surface area contributed by atoms with Crippen molar-refractivity contribution in [3.8, 4) is 0 Å². The second-order valence-electron chi connectivity index (χ2n) is 9.67. The van der Waals surface area contributed by atoms with E-state index in [4.69, 9.17) is 4.74 Å². The summed E-state index contributed by atoms with van der Waals surface area (Å²) in [7, 11) is -3.63. The zero-order chi connectivity index (χ0) is 26.0. The maximum absolute atomic E-state index is 13.6. The molecule has 1 aromatic heterocycles. The summed E-state index contributed by atoms with van der Waals surface area (Å²) in [6, 6.07) is 6.00. The molecular formula is C26H34N4O5S2. The molecule has 0 bridgehead atoms. The van der Waals surface area contributed by atoms with E-state index >= 15 is 0 Å². The van der Waals surface area contributed by atoms with Crippen LogP contribution in [0.25, 0.3) is 0 Å². The summed E-state index contributed by atoms with van der Waals surface area (Å²) < 4.78 is 32.5. The molecule has 0 radical (unpaired) electrons. The lowest BCUT2D eigenvalue weighted by molar-refractivity contribution is 0.0724. The molecule has 37 heavy (non-hydrogen) atoms. The van der Waals surface area contributed by atoms with Crippen LogP contribution in [0.4, 0.5) is 5.00 Å². The van der Waals surface area contributed by atoms with Crippen LogP contribution in [-0.4, -0.2) is 86.8 Å². The number of fused-ring (bicyclic) bond motifs is 1. The summed E-state index contributed by atoms with van der Waals surface area (Å²) in [6.07, 6.45) is 3.93. The molecule has 3 aliphatic rings. The van der Waals surface area contributed by atoms with Crippen LogP contribution in [0.1, 0.15) is 57.3 Å². The molecule has 0 unspecified atom stereocenters. The third kappa shape index (κ3) is 5.46. The van der Waals surface area contributed by atoms with E-state index in [1.54, 1.807) is 0 Å². The third-order valence-electron chi connectivity index (χ3n) is 7.39. The number of carbonyl (C=O) groups is 2. The largest absolute Gasteiger partial charge is 0.379 e. The number of ether oxygens (including phenoxy) is 1. The minimum atomic E-state index is -3.63. The van der Waals surface area contributed by atoms with Crippen molar-refractivity contribution in [2.45, 2.75) is 44.0 Å². The van der Waals surface area contributed by atoms with E-state index < -0.39 is 10.0 Å². The molecular weight excluding hydrogens is 512 g/mol. The zero-order valence-corrected chi connectivity index (χ0v) is 22.8. The van der Waals surface area contributed by atoms with Gasteiger partial charge in [0.25, 0.3) is 11.8 Å². The van der Waals surface area contributed by atoms with Crippen LogP contribution in [-0.2, 0) is 27.7 Å². The molecule has 3 aliphatic heterocycles. The highest BCUT2D eigenvalue weighted by molar-refractivity contribution is 7.89. The van der Waals surface area contributed by atoms with Crippen LogP contribution in [0.15, 0.2) is 29.2 Å². The lowest BCUT2D eigenvalue weighted by atomic mass is 10.0. The van der Waals surface area contributed by atoms with Gasteiger partial charge in [-0.1, -0.05) is 6.92 Å². The minimum absolute atomic E-state index is 0.00407. The maximum Gasteiger partial charge on any atom is 0.257 e. The summed E-state index contributed by atoms with van der Waals surface area (Å²) in [6.45, 7) is 7.62. The number of anilines is 1. The monoisotopic (exact) mass is 546 g/mol. The number of sulfonamides is 1. The van der Waals surface area contributed by atoms with Crippen LogP contribution in [0, 0.1) is 0 Å². The molecule has 2 amide bonds. The van der Waals surface area contributed by atoms with Gasteiger partial charge in [-0.15, -0.1) is 11.3 Å². The number of likely N-dealkylation sites (N-methyl/N-ethyl adjacent to an activating group) is 1. The Bertz CT molecular complexity index is 1250. The van der Waals surface area contributed by atoms with E-state index in [2.05, 4.69) is 17.1 Å². The van der Waals surface area contributed by atoms with Crippen molar-refractivity contribution >= 4 is 38.2 Å². The summed E-state index contributed by atoms with van der Waals surface area (Å²) >= 11 is 1.49. The van der Waals surface area contributed by atoms with Gasteiger partial charge < -0.3 is 15.0 Å². The fourth-order valence-corrected chi connectivity index (χ4v) is 7.87. The van der Waals surface area contributed by atoms with Gasteiger partial charge in [0, 0.05) is 49.7 Å². The Morgan fingerprint density at radius 3 is 2.38 bits per heavy atom. The molecule has 5 rings (SSSR count). The number of nitrogens with zero attached hydrogens (tertiary/aromatic N) is 3. The molecule has 1 N–H and O–H groups in total. The van der Waals surface area contributed by atoms with Crippen molar-refractivity contribution in [3.63, 3.8) is 0 Å². The predicted molar refractivity (Wildman–Crippen MR) is 143 cm³/mol. The van der Waals surface area contributed by atoms with Gasteiger partial charge >= 0.3 is 0 Å². The Balaban J connectivity index is 1.38. The van der Waals surface area contributed by atoms with Gasteiger partial charge in [0.15, 0.2) is 0 Å². The van der Waals surface area contributed by atoms with Crippen molar-refractivity contribution in [2.75, 3.05) is 57.8 Å². The molecule has 2 fully saturated rings. The lowest BCUT2D eigenvalue weighted by Gasteiger charge is -2.29. The molecule has 0 spiro atoms. The Hall–Kier alpha value is -2.31. The van der Waals surface area contributed by atoms with Crippen LogP contribution in [0.5, 0.6) is 0 Å². The number of benzene rings is 1. The van der Waals surface area contributed by atoms with Crippen molar-refractivity contribution in [1.82, 2.24) is 14.1 Å². The first-order chi connectivity index (χ1) is 17.9.